The zero-order valence-electron chi connectivity index (χ0n) is 16.5. The Morgan fingerprint density at radius 2 is 1.81 bits per heavy atom. The Morgan fingerprint density at radius 1 is 0.969 bits per heavy atom. The van der Waals surface area contributed by atoms with E-state index in [1.54, 1.807) is 35.0 Å². The number of halogens is 3. The number of hydrogen-bond acceptors (Lipinski definition) is 4. The number of anilines is 1. The van der Waals surface area contributed by atoms with E-state index in [4.69, 9.17) is 27.9 Å². The van der Waals surface area contributed by atoms with Crippen LogP contribution in [-0.4, -0.2) is 14.8 Å². The molecular weight excluding hydrogens is 450 g/mol. The molecule has 1 N–H and O–H groups in total. The fourth-order valence-electron chi connectivity index (χ4n) is 4.38. The van der Waals surface area contributed by atoms with E-state index in [2.05, 4.69) is 15.4 Å². The number of rotatable bonds is 2. The molecule has 0 saturated carbocycles. The van der Waals surface area contributed by atoms with Crippen LogP contribution in [0.3, 0.4) is 0 Å². The summed E-state index contributed by atoms with van der Waals surface area (Å²) in [7, 11) is 0. The summed E-state index contributed by atoms with van der Waals surface area (Å²) in [5.74, 6) is 0.829. The molecule has 4 aromatic rings. The molecule has 2 unspecified atom stereocenters. The SMILES string of the molecule is Fc1ccccc1C1C2=C(Nc3ncnn31)c1cc(Cl)ccc1OC2c1cccc(Cl)c1. The van der Waals surface area contributed by atoms with Crippen LogP contribution >= 0.6 is 23.2 Å². The van der Waals surface area contributed by atoms with Gasteiger partial charge < -0.3 is 10.1 Å². The van der Waals surface area contributed by atoms with Gasteiger partial charge in [0.05, 0.1) is 5.70 Å². The highest BCUT2D eigenvalue weighted by atomic mass is 35.5. The molecule has 32 heavy (non-hydrogen) atoms. The van der Waals surface area contributed by atoms with Crippen molar-refractivity contribution in [1.29, 1.82) is 0 Å². The Balaban J connectivity index is 1.67. The van der Waals surface area contributed by atoms with E-state index in [1.165, 1.54) is 12.4 Å². The summed E-state index contributed by atoms with van der Waals surface area (Å²) >= 11 is 12.6. The average Bonchev–Trinajstić information content (AvgIpc) is 3.26. The first-order chi connectivity index (χ1) is 15.6. The fourth-order valence-corrected chi connectivity index (χ4v) is 4.75. The van der Waals surface area contributed by atoms with Crippen LogP contribution in [-0.2, 0) is 0 Å². The fraction of sp³-hybridized carbons (Fsp3) is 0.0833. The highest BCUT2D eigenvalue weighted by molar-refractivity contribution is 6.31. The normalized spacial score (nSPS) is 18.8. The third kappa shape index (κ3) is 2.98. The lowest BCUT2D eigenvalue weighted by atomic mass is 9.84. The second-order valence-electron chi connectivity index (χ2n) is 7.60. The van der Waals surface area contributed by atoms with Gasteiger partial charge in [0.15, 0.2) is 0 Å². The zero-order chi connectivity index (χ0) is 21.8. The first-order valence-electron chi connectivity index (χ1n) is 9.97. The van der Waals surface area contributed by atoms with Crippen LogP contribution in [0.5, 0.6) is 5.75 Å². The van der Waals surface area contributed by atoms with Crippen molar-refractivity contribution in [2.24, 2.45) is 0 Å². The van der Waals surface area contributed by atoms with Crippen molar-refractivity contribution < 1.29 is 9.13 Å². The number of fused-ring (bicyclic) bond motifs is 3. The van der Waals surface area contributed by atoms with Crippen LogP contribution in [0, 0.1) is 5.82 Å². The second-order valence-corrected chi connectivity index (χ2v) is 8.47. The lowest BCUT2D eigenvalue weighted by molar-refractivity contribution is 0.222. The number of hydrogen-bond donors (Lipinski definition) is 1. The summed E-state index contributed by atoms with van der Waals surface area (Å²) < 4.78 is 23.3. The molecule has 3 heterocycles. The predicted octanol–water partition coefficient (Wildman–Crippen LogP) is 6.28. The summed E-state index contributed by atoms with van der Waals surface area (Å²) in [6.45, 7) is 0. The molecule has 0 aliphatic carbocycles. The summed E-state index contributed by atoms with van der Waals surface area (Å²) in [5, 5.41) is 8.92. The number of benzene rings is 3. The van der Waals surface area contributed by atoms with Crippen LogP contribution in [0.15, 0.2) is 78.6 Å². The Hall–Kier alpha value is -3.35. The largest absolute Gasteiger partial charge is 0.480 e. The summed E-state index contributed by atoms with van der Waals surface area (Å²) in [6, 6.07) is 19.0. The molecule has 0 bridgehead atoms. The minimum atomic E-state index is -0.582. The number of nitrogens with one attached hydrogen (secondary N) is 1. The monoisotopic (exact) mass is 464 g/mol. The molecule has 2 aliphatic rings. The van der Waals surface area contributed by atoms with Gasteiger partial charge in [-0.05, 0) is 42.0 Å². The van der Waals surface area contributed by atoms with Crippen molar-refractivity contribution in [3.63, 3.8) is 0 Å². The van der Waals surface area contributed by atoms with Gasteiger partial charge in [-0.2, -0.15) is 10.1 Å². The Morgan fingerprint density at radius 3 is 2.66 bits per heavy atom. The standard InChI is InChI=1S/C24H15Cl2FN4O/c25-14-5-3-4-13(10-14)23-20-21(17-11-15(26)8-9-19(17)32-23)30-24-28-12-29-31(24)22(20)16-6-1-2-7-18(16)27/h1-12,22-23H,(H,28,29,30). The molecule has 0 saturated heterocycles. The molecule has 0 spiro atoms. The second kappa shape index (κ2) is 7.36. The van der Waals surface area contributed by atoms with Gasteiger partial charge in [-0.3, -0.25) is 0 Å². The maximum Gasteiger partial charge on any atom is 0.226 e. The van der Waals surface area contributed by atoms with E-state index in [9.17, 15) is 0 Å². The number of nitrogens with zero attached hydrogens (tertiary/aromatic N) is 3. The maximum atomic E-state index is 15.1. The third-order valence-corrected chi connectivity index (χ3v) is 6.20. The molecule has 6 rings (SSSR count). The van der Waals surface area contributed by atoms with Crippen molar-refractivity contribution in [2.45, 2.75) is 12.1 Å². The Kier molecular flexibility index (Phi) is 4.45. The molecule has 0 radical (unpaired) electrons. The highest BCUT2D eigenvalue weighted by Gasteiger charge is 2.41. The van der Waals surface area contributed by atoms with Crippen LogP contribution in [0.2, 0.25) is 10.0 Å². The van der Waals surface area contributed by atoms with Gasteiger partial charge in [0.2, 0.25) is 5.95 Å². The number of aromatic nitrogens is 3. The van der Waals surface area contributed by atoms with E-state index in [-0.39, 0.29) is 5.82 Å². The minimum absolute atomic E-state index is 0.338. The lowest BCUT2D eigenvalue weighted by Crippen LogP contribution is -2.32. The van der Waals surface area contributed by atoms with Crippen LogP contribution < -0.4 is 10.1 Å². The molecule has 3 aromatic carbocycles. The van der Waals surface area contributed by atoms with Crippen molar-refractivity contribution in [3.05, 3.63) is 111 Å². The zero-order valence-corrected chi connectivity index (χ0v) is 18.0. The first-order valence-corrected chi connectivity index (χ1v) is 10.7. The first kappa shape index (κ1) is 19.3. The molecule has 2 atom stereocenters. The quantitative estimate of drug-likeness (QED) is 0.379. The van der Waals surface area contributed by atoms with Crippen LogP contribution in [0.4, 0.5) is 10.3 Å². The van der Waals surface area contributed by atoms with Crippen molar-refractivity contribution in [2.75, 3.05) is 5.32 Å². The van der Waals surface area contributed by atoms with Gasteiger partial charge in [0.25, 0.3) is 0 Å². The van der Waals surface area contributed by atoms with E-state index in [0.29, 0.717) is 27.3 Å². The Bertz CT molecular complexity index is 1400. The van der Waals surface area contributed by atoms with Crippen LogP contribution in [0.1, 0.15) is 28.8 Å². The van der Waals surface area contributed by atoms with E-state index in [0.717, 1.165) is 22.4 Å². The van der Waals surface area contributed by atoms with Gasteiger partial charge in [0, 0.05) is 26.7 Å². The van der Waals surface area contributed by atoms with E-state index in [1.807, 2.05) is 30.3 Å². The molecule has 8 heteroatoms. The van der Waals surface area contributed by atoms with Gasteiger partial charge >= 0.3 is 0 Å². The highest BCUT2D eigenvalue weighted by Crippen LogP contribution is 2.51. The van der Waals surface area contributed by atoms with E-state index >= 15 is 4.39 Å². The van der Waals surface area contributed by atoms with E-state index < -0.39 is 12.1 Å². The average molecular weight is 465 g/mol. The smallest absolute Gasteiger partial charge is 0.226 e. The molecule has 5 nitrogen and oxygen atoms in total. The van der Waals surface area contributed by atoms with Crippen molar-refractivity contribution in [3.8, 4) is 5.75 Å². The molecular formula is C24H15Cl2FN4O. The minimum Gasteiger partial charge on any atom is -0.480 e. The molecule has 1 aromatic heterocycles. The summed E-state index contributed by atoms with van der Waals surface area (Å²) in [6.07, 6.45) is 0.912. The van der Waals surface area contributed by atoms with Crippen molar-refractivity contribution >= 4 is 34.8 Å². The number of ether oxygens (including phenoxy) is 1. The topological polar surface area (TPSA) is 52.0 Å². The Labute approximate surface area is 193 Å². The van der Waals surface area contributed by atoms with Gasteiger partial charge in [-0.1, -0.05) is 53.5 Å². The van der Waals surface area contributed by atoms with Crippen molar-refractivity contribution in [1.82, 2.24) is 14.8 Å². The summed E-state index contributed by atoms with van der Waals surface area (Å²) in [4.78, 5) is 4.35. The molecule has 0 amide bonds. The third-order valence-electron chi connectivity index (χ3n) is 5.73. The van der Waals surface area contributed by atoms with Gasteiger partial charge in [-0.15, -0.1) is 0 Å². The maximum absolute atomic E-state index is 15.1. The van der Waals surface area contributed by atoms with Crippen LogP contribution in [0.25, 0.3) is 5.70 Å². The molecule has 0 fully saturated rings. The molecule has 2 aliphatic heterocycles. The lowest BCUT2D eigenvalue weighted by Gasteiger charge is -2.39. The predicted molar refractivity (Wildman–Crippen MR) is 121 cm³/mol. The van der Waals surface area contributed by atoms with Gasteiger partial charge in [-0.25, -0.2) is 9.07 Å². The summed E-state index contributed by atoms with van der Waals surface area (Å²) in [5.41, 5.74) is 3.66. The van der Waals surface area contributed by atoms with Gasteiger partial charge in [0.1, 0.15) is 30.0 Å². The molecule has 158 valence electrons.